The van der Waals surface area contributed by atoms with Crippen LogP contribution in [0.25, 0.3) is 0 Å². The van der Waals surface area contributed by atoms with Crippen LogP contribution >= 0.6 is 0 Å². The number of rotatable bonds is 10. The molecule has 0 fully saturated rings. The molecule has 0 aromatic heterocycles. The smallest absolute Gasteiger partial charge is 0.264 e. The zero-order chi connectivity index (χ0) is 27.8. The van der Waals surface area contributed by atoms with Gasteiger partial charge in [-0.05, 0) is 60.5 Å². The predicted molar refractivity (Wildman–Crippen MR) is 151 cm³/mol. The Kier molecular flexibility index (Phi) is 8.63. The molecule has 0 radical (unpaired) electrons. The Balaban J connectivity index is 1.56. The highest BCUT2D eigenvalue weighted by Gasteiger charge is 2.28. The van der Waals surface area contributed by atoms with Gasteiger partial charge < -0.3 is 15.4 Å². The van der Waals surface area contributed by atoms with Crippen molar-refractivity contribution in [1.82, 2.24) is 5.32 Å². The highest BCUT2D eigenvalue weighted by Crippen LogP contribution is 2.27. The third kappa shape index (κ3) is 6.63. The molecule has 2 amide bonds. The Morgan fingerprint density at radius 3 is 2.15 bits per heavy atom. The number of hydrogen-bond acceptors (Lipinski definition) is 5. The SMILES string of the molecule is COc1ccc(S(=O)(=O)N(CC(=O)Nc2ccccc2C(=O)NCc2ccccc2)c2ccccc2)cc1C. The van der Waals surface area contributed by atoms with E-state index in [-0.39, 0.29) is 22.1 Å². The van der Waals surface area contributed by atoms with Crippen LogP contribution in [-0.2, 0) is 21.4 Å². The van der Waals surface area contributed by atoms with Gasteiger partial charge >= 0.3 is 0 Å². The maximum Gasteiger partial charge on any atom is 0.264 e. The van der Waals surface area contributed by atoms with Gasteiger partial charge in [-0.2, -0.15) is 0 Å². The topological polar surface area (TPSA) is 105 Å². The second-order valence-electron chi connectivity index (χ2n) is 8.74. The molecule has 0 unspecified atom stereocenters. The van der Waals surface area contributed by atoms with Gasteiger partial charge in [0.05, 0.1) is 28.9 Å². The number of para-hydroxylation sites is 2. The van der Waals surface area contributed by atoms with Gasteiger partial charge in [0.25, 0.3) is 15.9 Å². The van der Waals surface area contributed by atoms with Crippen molar-refractivity contribution in [2.45, 2.75) is 18.4 Å². The van der Waals surface area contributed by atoms with Gasteiger partial charge in [-0.1, -0.05) is 60.7 Å². The van der Waals surface area contributed by atoms with Gasteiger partial charge in [0.2, 0.25) is 5.91 Å². The molecule has 0 saturated heterocycles. The van der Waals surface area contributed by atoms with Crippen LogP contribution in [0.5, 0.6) is 5.75 Å². The fourth-order valence-corrected chi connectivity index (χ4v) is 5.54. The molecule has 4 aromatic carbocycles. The minimum absolute atomic E-state index is 0.0261. The first-order valence-corrected chi connectivity index (χ1v) is 13.7. The molecule has 0 saturated carbocycles. The van der Waals surface area contributed by atoms with Crippen LogP contribution in [0.1, 0.15) is 21.5 Å². The van der Waals surface area contributed by atoms with Crippen molar-refractivity contribution in [2.75, 3.05) is 23.3 Å². The summed E-state index contributed by atoms with van der Waals surface area (Å²) >= 11 is 0. The summed E-state index contributed by atoms with van der Waals surface area (Å²) in [6, 6.07) is 29.0. The molecule has 0 atom stereocenters. The number of benzene rings is 4. The van der Waals surface area contributed by atoms with Crippen molar-refractivity contribution >= 4 is 33.2 Å². The highest BCUT2D eigenvalue weighted by atomic mass is 32.2. The molecule has 2 N–H and O–H groups in total. The fraction of sp³-hybridized carbons (Fsp3) is 0.133. The lowest BCUT2D eigenvalue weighted by atomic mass is 10.1. The average Bonchev–Trinajstić information content (AvgIpc) is 2.95. The van der Waals surface area contributed by atoms with E-state index in [0.717, 1.165) is 9.87 Å². The second-order valence-corrected chi connectivity index (χ2v) is 10.6. The Bertz CT molecular complexity index is 1560. The molecular formula is C30H29N3O5S. The number of ether oxygens (including phenoxy) is 1. The molecule has 0 aliphatic heterocycles. The summed E-state index contributed by atoms with van der Waals surface area (Å²) in [6.07, 6.45) is 0. The van der Waals surface area contributed by atoms with E-state index in [1.165, 1.54) is 19.2 Å². The van der Waals surface area contributed by atoms with E-state index in [0.29, 0.717) is 23.5 Å². The Labute approximate surface area is 228 Å². The third-order valence-electron chi connectivity index (χ3n) is 6.03. The normalized spacial score (nSPS) is 10.9. The van der Waals surface area contributed by atoms with Gasteiger partial charge in [0, 0.05) is 6.54 Å². The lowest BCUT2D eigenvalue weighted by molar-refractivity contribution is -0.114. The summed E-state index contributed by atoms with van der Waals surface area (Å²) in [6.45, 7) is 1.57. The molecule has 9 heteroatoms. The van der Waals surface area contributed by atoms with Gasteiger partial charge in [0.1, 0.15) is 12.3 Å². The van der Waals surface area contributed by atoms with E-state index in [9.17, 15) is 18.0 Å². The number of carbonyl (C=O) groups excluding carboxylic acids is 2. The molecule has 0 heterocycles. The lowest BCUT2D eigenvalue weighted by Gasteiger charge is -2.24. The second kappa shape index (κ2) is 12.3. The van der Waals surface area contributed by atoms with E-state index in [4.69, 9.17) is 4.74 Å². The number of sulfonamides is 1. The Morgan fingerprint density at radius 2 is 1.49 bits per heavy atom. The summed E-state index contributed by atoms with van der Waals surface area (Å²) in [7, 11) is -2.61. The van der Waals surface area contributed by atoms with Crippen LogP contribution in [-0.4, -0.2) is 33.9 Å². The molecule has 0 aliphatic rings. The molecule has 200 valence electrons. The van der Waals surface area contributed by atoms with E-state index in [1.54, 1.807) is 67.6 Å². The van der Waals surface area contributed by atoms with Crippen LogP contribution in [0.15, 0.2) is 108 Å². The molecular weight excluding hydrogens is 514 g/mol. The zero-order valence-electron chi connectivity index (χ0n) is 21.6. The molecule has 4 rings (SSSR count). The first-order chi connectivity index (χ1) is 18.8. The summed E-state index contributed by atoms with van der Waals surface area (Å²) < 4.78 is 33.7. The van der Waals surface area contributed by atoms with E-state index < -0.39 is 22.5 Å². The van der Waals surface area contributed by atoms with Gasteiger partial charge in [0.15, 0.2) is 0 Å². The van der Waals surface area contributed by atoms with Gasteiger partial charge in [-0.25, -0.2) is 8.42 Å². The van der Waals surface area contributed by atoms with Crippen molar-refractivity contribution in [3.8, 4) is 5.75 Å². The number of nitrogens with one attached hydrogen (secondary N) is 2. The number of anilines is 2. The quantitative estimate of drug-likeness (QED) is 0.300. The summed E-state index contributed by atoms with van der Waals surface area (Å²) in [5, 5.41) is 5.57. The van der Waals surface area contributed by atoms with E-state index >= 15 is 0 Å². The van der Waals surface area contributed by atoms with E-state index in [1.807, 2.05) is 30.3 Å². The number of amides is 2. The molecule has 0 bridgehead atoms. The minimum atomic E-state index is -4.12. The number of aryl methyl sites for hydroxylation is 1. The zero-order valence-corrected chi connectivity index (χ0v) is 22.4. The maximum atomic E-state index is 13.7. The molecule has 8 nitrogen and oxygen atoms in total. The van der Waals surface area contributed by atoms with Gasteiger partial charge in [-0.3, -0.25) is 13.9 Å². The highest BCUT2D eigenvalue weighted by molar-refractivity contribution is 7.92. The largest absolute Gasteiger partial charge is 0.496 e. The van der Waals surface area contributed by atoms with E-state index in [2.05, 4.69) is 10.6 Å². The number of hydrogen-bond donors (Lipinski definition) is 2. The molecule has 0 aliphatic carbocycles. The van der Waals surface area contributed by atoms with Crippen molar-refractivity contribution < 1.29 is 22.7 Å². The monoisotopic (exact) mass is 543 g/mol. The van der Waals surface area contributed by atoms with Crippen molar-refractivity contribution in [2.24, 2.45) is 0 Å². The molecule has 4 aromatic rings. The average molecular weight is 544 g/mol. The summed E-state index contributed by atoms with van der Waals surface area (Å²) in [5.41, 5.74) is 2.45. The predicted octanol–water partition coefficient (Wildman–Crippen LogP) is 4.77. The van der Waals surface area contributed by atoms with Crippen molar-refractivity contribution in [1.29, 1.82) is 0 Å². The van der Waals surface area contributed by atoms with Crippen LogP contribution in [0.4, 0.5) is 11.4 Å². The summed E-state index contributed by atoms with van der Waals surface area (Å²) in [5.74, 6) is -0.410. The standard InChI is InChI=1S/C30H29N3O5S/c1-22-19-25(17-18-28(22)38-2)39(36,37)33(24-13-7-4-8-14-24)21-29(34)32-27-16-10-9-15-26(27)30(35)31-20-23-11-5-3-6-12-23/h3-19H,20-21H2,1-2H3,(H,31,35)(H,32,34). The number of carbonyl (C=O) groups is 2. The first kappa shape index (κ1) is 27.4. The number of nitrogens with zero attached hydrogens (tertiary/aromatic N) is 1. The summed E-state index contributed by atoms with van der Waals surface area (Å²) in [4.78, 5) is 26.2. The maximum absolute atomic E-state index is 13.7. The van der Waals surface area contributed by atoms with Crippen LogP contribution < -0.4 is 19.7 Å². The first-order valence-electron chi connectivity index (χ1n) is 12.2. The van der Waals surface area contributed by atoms with Crippen molar-refractivity contribution in [3.05, 3.63) is 120 Å². The van der Waals surface area contributed by atoms with Crippen LogP contribution in [0, 0.1) is 6.92 Å². The Morgan fingerprint density at radius 1 is 0.846 bits per heavy atom. The Hall–Kier alpha value is -4.63. The number of methoxy groups -OCH3 is 1. The van der Waals surface area contributed by atoms with Crippen LogP contribution in [0.3, 0.4) is 0 Å². The van der Waals surface area contributed by atoms with Crippen molar-refractivity contribution in [3.63, 3.8) is 0 Å². The van der Waals surface area contributed by atoms with Gasteiger partial charge in [-0.15, -0.1) is 0 Å². The fourth-order valence-electron chi connectivity index (χ4n) is 4.03. The third-order valence-corrected chi connectivity index (χ3v) is 7.80. The lowest BCUT2D eigenvalue weighted by Crippen LogP contribution is -2.38. The molecule has 39 heavy (non-hydrogen) atoms. The molecule has 0 spiro atoms. The van der Waals surface area contributed by atoms with Crippen LogP contribution in [0.2, 0.25) is 0 Å². The minimum Gasteiger partial charge on any atom is -0.496 e.